The van der Waals surface area contributed by atoms with Gasteiger partial charge in [0.1, 0.15) is 0 Å². The van der Waals surface area contributed by atoms with E-state index in [1.54, 1.807) is 12.1 Å². The lowest BCUT2D eigenvalue weighted by molar-refractivity contribution is -0.384. The number of carbonyl (C=O) groups is 2. The molecule has 0 atom stereocenters. The van der Waals surface area contributed by atoms with Crippen molar-refractivity contribution in [2.24, 2.45) is 0 Å². The van der Waals surface area contributed by atoms with Crippen molar-refractivity contribution < 1.29 is 27.3 Å². The number of hydrogen-bond donors (Lipinski definition) is 1. The second kappa shape index (κ2) is 9.45. The van der Waals surface area contributed by atoms with Gasteiger partial charge in [-0.1, -0.05) is 11.6 Å². The molecule has 1 aliphatic heterocycles. The third-order valence-electron chi connectivity index (χ3n) is 4.70. The summed E-state index contributed by atoms with van der Waals surface area (Å²) in [6.07, 6.45) is 1.39. The molecule has 2 aromatic rings. The lowest BCUT2D eigenvalue weighted by atomic mass is 10.2. The molecule has 1 fully saturated rings. The molecule has 11 nitrogen and oxygen atoms in total. The molecule has 2 amide bonds. The van der Waals surface area contributed by atoms with Crippen LogP contribution in [0.1, 0.15) is 20.9 Å². The monoisotopic (exact) mass is 470 g/mol. The van der Waals surface area contributed by atoms with Crippen LogP contribution in [0.25, 0.3) is 0 Å². The second-order valence-corrected chi connectivity index (χ2v) is 9.16. The number of sulfonamides is 1. The summed E-state index contributed by atoms with van der Waals surface area (Å²) in [6, 6.07) is 6.57. The second-order valence-electron chi connectivity index (χ2n) is 6.66. The van der Waals surface area contributed by atoms with Gasteiger partial charge in [0, 0.05) is 44.9 Å². The minimum absolute atomic E-state index is 0.0169. The third-order valence-corrected chi connectivity index (χ3v) is 6.90. The first-order valence-corrected chi connectivity index (χ1v) is 11.2. The number of carbonyl (C=O) groups excluding carboxylic acids is 2. The number of hydrogen-bond acceptors (Lipinski definition) is 7. The fourth-order valence-electron chi connectivity index (χ4n) is 3.04. The zero-order chi connectivity index (χ0) is 22.6. The van der Waals surface area contributed by atoms with Crippen molar-refractivity contribution in [2.45, 2.75) is 0 Å². The highest BCUT2D eigenvalue weighted by atomic mass is 35.5. The fourth-order valence-corrected chi connectivity index (χ4v) is 4.59. The molecule has 0 aliphatic carbocycles. The van der Waals surface area contributed by atoms with Crippen molar-refractivity contribution in [3.63, 3.8) is 0 Å². The highest BCUT2D eigenvalue weighted by Gasteiger charge is 2.30. The van der Waals surface area contributed by atoms with Crippen LogP contribution >= 0.6 is 11.6 Å². The van der Waals surface area contributed by atoms with Crippen molar-refractivity contribution in [1.82, 2.24) is 14.5 Å². The Bertz CT molecular complexity index is 1080. The molecule has 3 rings (SSSR count). The normalized spacial score (nSPS) is 14.9. The number of non-ortho nitro benzene ring substituents is 1. The van der Waals surface area contributed by atoms with Gasteiger partial charge in [0.25, 0.3) is 17.5 Å². The fraction of sp³-hybridized carbons (Fsp3) is 0.333. The average Bonchev–Trinajstić information content (AvgIpc) is 3.28. The van der Waals surface area contributed by atoms with Crippen LogP contribution in [0.4, 0.5) is 5.69 Å². The molecule has 2 heterocycles. The molecular weight excluding hydrogens is 452 g/mol. The average molecular weight is 471 g/mol. The van der Waals surface area contributed by atoms with Crippen LogP contribution in [0, 0.1) is 10.1 Å². The van der Waals surface area contributed by atoms with Gasteiger partial charge in [-0.3, -0.25) is 19.7 Å². The summed E-state index contributed by atoms with van der Waals surface area (Å²) in [5, 5.41) is 13.3. The van der Waals surface area contributed by atoms with Gasteiger partial charge in [-0.25, -0.2) is 8.42 Å². The molecule has 1 N–H and O–H groups in total. The maximum Gasteiger partial charge on any atom is 0.289 e. The number of piperazine rings is 1. The summed E-state index contributed by atoms with van der Waals surface area (Å²) in [6.45, 7) is 0.480. The van der Waals surface area contributed by atoms with Crippen LogP contribution in [-0.2, 0) is 10.0 Å². The Balaban J connectivity index is 1.52. The molecule has 0 saturated carbocycles. The molecule has 0 spiro atoms. The number of amides is 2. The number of nitro groups is 1. The number of nitro benzene ring substituents is 1. The van der Waals surface area contributed by atoms with Gasteiger partial charge in [-0.05, 0) is 18.2 Å². The number of benzene rings is 1. The Hall–Kier alpha value is -2.96. The molecule has 13 heteroatoms. The topological polar surface area (TPSA) is 143 Å². The van der Waals surface area contributed by atoms with Crippen molar-refractivity contribution >= 4 is 39.1 Å². The molecule has 166 valence electrons. The molecule has 1 aliphatic rings. The van der Waals surface area contributed by atoms with Crippen LogP contribution in [-0.4, -0.2) is 72.8 Å². The van der Waals surface area contributed by atoms with E-state index in [0.717, 1.165) is 6.07 Å². The predicted molar refractivity (Wildman–Crippen MR) is 110 cm³/mol. The maximum atomic E-state index is 12.6. The van der Waals surface area contributed by atoms with Gasteiger partial charge in [-0.2, -0.15) is 4.31 Å². The number of nitrogens with zero attached hydrogens (tertiary/aromatic N) is 3. The van der Waals surface area contributed by atoms with Crippen molar-refractivity contribution in [1.29, 1.82) is 0 Å². The van der Waals surface area contributed by atoms with Crippen molar-refractivity contribution in [2.75, 3.05) is 38.5 Å². The first-order valence-electron chi connectivity index (χ1n) is 9.22. The molecular formula is C18H19ClN4O7S. The van der Waals surface area contributed by atoms with Crippen LogP contribution in [0.3, 0.4) is 0 Å². The zero-order valence-electron chi connectivity index (χ0n) is 16.2. The standard InChI is InChI=1S/C18H19ClN4O7S/c19-15-4-3-13(23(26)27)12-14(15)17(24)20-5-11-31(28,29)22-8-6-21(7-9-22)18(25)16-2-1-10-30-16/h1-4,10,12H,5-9,11H2,(H,20,24). The van der Waals surface area contributed by atoms with E-state index in [4.69, 9.17) is 16.0 Å². The van der Waals surface area contributed by atoms with E-state index < -0.39 is 20.9 Å². The van der Waals surface area contributed by atoms with Crippen LogP contribution < -0.4 is 5.32 Å². The number of furan rings is 1. The lowest BCUT2D eigenvalue weighted by Gasteiger charge is -2.33. The summed E-state index contributed by atoms with van der Waals surface area (Å²) in [7, 11) is -3.68. The Kier molecular flexibility index (Phi) is 6.93. The summed E-state index contributed by atoms with van der Waals surface area (Å²) in [4.78, 5) is 36.2. The van der Waals surface area contributed by atoms with Gasteiger partial charge in [0.2, 0.25) is 10.0 Å². The molecule has 0 radical (unpaired) electrons. The van der Waals surface area contributed by atoms with E-state index in [-0.39, 0.29) is 66.4 Å². The molecule has 0 unspecified atom stereocenters. The SMILES string of the molecule is O=C(NCCS(=O)(=O)N1CCN(C(=O)c2ccco2)CC1)c1cc([N+](=O)[O-])ccc1Cl. The largest absolute Gasteiger partial charge is 0.459 e. The first kappa shape index (κ1) is 22.7. The zero-order valence-corrected chi connectivity index (χ0v) is 17.8. The summed E-state index contributed by atoms with van der Waals surface area (Å²) < 4.78 is 31.4. The van der Waals surface area contributed by atoms with Gasteiger partial charge in [-0.15, -0.1) is 0 Å². The van der Waals surface area contributed by atoms with Crippen LogP contribution in [0.2, 0.25) is 5.02 Å². The van der Waals surface area contributed by atoms with Gasteiger partial charge >= 0.3 is 0 Å². The molecule has 1 saturated heterocycles. The highest BCUT2D eigenvalue weighted by molar-refractivity contribution is 7.89. The van der Waals surface area contributed by atoms with Gasteiger partial charge in [0.15, 0.2) is 5.76 Å². The predicted octanol–water partition coefficient (Wildman–Crippen LogP) is 1.36. The molecule has 1 aromatic carbocycles. The van der Waals surface area contributed by atoms with Crippen LogP contribution in [0.15, 0.2) is 41.0 Å². The van der Waals surface area contributed by atoms with Gasteiger partial charge in [0.05, 0.1) is 27.5 Å². The smallest absolute Gasteiger partial charge is 0.289 e. The van der Waals surface area contributed by atoms with Crippen molar-refractivity contribution in [3.8, 4) is 0 Å². The van der Waals surface area contributed by atoms with E-state index in [1.807, 2.05) is 0 Å². The minimum atomic E-state index is -3.68. The van der Waals surface area contributed by atoms with E-state index in [2.05, 4.69) is 5.32 Å². The van der Waals surface area contributed by atoms with E-state index >= 15 is 0 Å². The highest BCUT2D eigenvalue weighted by Crippen LogP contribution is 2.22. The first-order chi connectivity index (χ1) is 14.7. The van der Waals surface area contributed by atoms with Gasteiger partial charge < -0.3 is 14.6 Å². The Morgan fingerprint density at radius 1 is 1.19 bits per heavy atom. The third kappa shape index (κ3) is 5.40. The van der Waals surface area contributed by atoms with E-state index in [9.17, 15) is 28.1 Å². The number of halogens is 1. The quantitative estimate of drug-likeness (QED) is 0.475. The summed E-state index contributed by atoms with van der Waals surface area (Å²) in [5.74, 6) is -1.18. The summed E-state index contributed by atoms with van der Waals surface area (Å²) in [5.41, 5.74) is -0.414. The Morgan fingerprint density at radius 2 is 1.90 bits per heavy atom. The van der Waals surface area contributed by atoms with Crippen LogP contribution in [0.5, 0.6) is 0 Å². The number of nitrogens with one attached hydrogen (secondary N) is 1. The summed E-state index contributed by atoms with van der Waals surface area (Å²) >= 11 is 5.91. The maximum absolute atomic E-state index is 12.6. The van der Waals surface area contributed by atoms with E-state index in [0.29, 0.717) is 0 Å². The Morgan fingerprint density at radius 3 is 2.52 bits per heavy atom. The minimum Gasteiger partial charge on any atom is -0.459 e. The van der Waals surface area contributed by atoms with E-state index in [1.165, 1.54) is 27.6 Å². The molecule has 1 aromatic heterocycles. The number of rotatable bonds is 7. The molecule has 31 heavy (non-hydrogen) atoms. The van der Waals surface area contributed by atoms with Crippen molar-refractivity contribution in [3.05, 3.63) is 63.1 Å². The Labute approximate surface area is 182 Å². The lowest BCUT2D eigenvalue weighted by Crippen LogP contribution is -2.51. The molecule has 0 bridgehead atoms.